The maximum absolute atomic E-state index is 11.6. The zero-order valence-corrected chi connectivity index (χ0v) is 12.0. The number of H-pyrrole nitrogens is 1. The van der Waals surface area contributed by atoms with Gasteiger partial charge in [0.1, 0.15) is 24.4 Å². The van der Waals surface area contributed by atoms with Crippen molar-refractivity contribution in [2.45, 2.75) is 6.61 Å². The first kappa shape index (κ1) is 13.9. The Labute approximate surface area is 126 Å². The van der Waals surface area contributed by atoms with Crippen LogP contribution in [0.1, 0.15) is 5.56 Å². The van der Waals surface area contributed by atoms with Crippen LogP contribution in [0.2, 0.25) is 0 Å². The molecule has 0 fully saturated rings. The molecule has 6 nitrogen and oxygen atoms in total. The van der Waals surface area contributed by atoms with Crippen molar-refractivity contribution >= 4 is 0 Å². The standard InChI is InChI=1S/C16H15N3O3/c1-21-14-7-5-12(6-8-14)10-22-15-4-2-3-13(9-15)19-11-17-18-16(19)20/h2-9,11H,10H2,1H3,(H,18,20). The van der Waals surface area contributed by atoms with E-state index in [-0.39, 0.29) is 5.69 Å². The fourth-order valence-electron chi connectivity index (χ4n) is 2.04. The summed E-state index contributed by atoms with van der Waals surface area (Å²) in [6.45, 7) is 0.438. The second-order valence-corrected chi connectivity index (χ2v) is 4.67. The smallest absolute Gasteiger partial charge is 0.347 e. The predicted molar refractivity (Wildman–Crippen MR) is 81.5 cm³/mol. The van der Waals surface area contributed by atoms with Gasteiger partial charge < -0.3 is 9.47 Å². The molecule has 3 aromatic rings. The molecule has 22 heavy (non-hydrogen) atoms. The number of hydrogen-bond donors (Lipinski definition) is 1. The molecule has 0 radical (unpaired) electrons. The molecule has 1 N–H and O–H groups in total. The van der Waals surface area contributed by atoms with E-state index in [0.29, 0.717) is 18.0 Å². The largest absolute Gasteiger partial charge is 0.497 e. The van der Waals surface area contributed by atoms with Gasteiger partial charge >= 0.3 is 5.69 Å². The first-order chi connectivity index (χ1) is 10.8. The number of rotatable bonds is 5. The molecule has 0 spiro atoms. The maximum Gasteiger partial charge on any atom is 0.347 e. The highest BCUT2D eigenvalue weighted by atomic mass is 16.5. The molecule has 2 aromatic carbocycles. The molecular formula is C16H15N3O3. The quantitative estimate of drug-likeness (QED) is 0.783. The Morgan fingerprint density at radius 2 is 1.95 bits per heavy atom. The summed E-state index contributed by atoms with van der Waals surface area (Å²) in [7, 11) is 1.63. The Kier molecular flexibility index (Phi) is 3.91. The van der Waals surface area contributed by atoms with Crippen molar-refractivity contribution in [3.63, 3.8) is 0 Å². The third-order valence-electron chi connectivity index (χ3n) is 3.21. The predicted octanol–water partition coefficient (Wildman–Crippen LogP) is 2.15. The molecule has 0 aliphatic heterocycles. The van der Waals surface area contributed by atoms with Crippen molar-refractivity contribution < 1.29 is 9.47 Å². The Hall–Kier alpha value is -3.02. The summed E-state index contributed by atoms with van der Waals surface area (Å²) >= 11 is 0. The van der Waals surface area contributed by atoms with Gasteiger partial charge in [-0.25, -0.2) is 14.5 Å². The van der Waals surface area contributed by atoms with Gasteiger partial charge in [-0.15, -0.1) is 0 Å². The van der Waals surface area contributed by atoms with E-state index >= 15 is 0 Å². The van der Waals surface area contributed by atoms with Crippen LogP contribution in [-0.2, 0) is 6.61 Å². The third-order valence-corrected chi connectivity index (χ3v) is 3.21. The lowest BCUT2D eigenvalue weighted by molar-refractivity contribution is 0.306. The molecule has 0 aliphatic carbocycles. The fourth-order valence-corrected chi connectivity index (χ4v) is 2.04. The number of aromatic amines is 1. The van der Waals surface area contributed by atoms with E-state index < -0.39 is 0 Å². The number of ether oxygens (including phenoxy) is 2. The van der Waals surface area contributed by atoms with Crippen molar-refractivity contribution in [3.8, 4) is 17.2 Å². The molecule has 0 bridgehead atoms. The molecule has 1 aromatic heterocycles. The molecule has 1 heterocycles. The lowest BCUT2D eigenvalue weighted by atomic mass is 10.2. The van der Waals surface area contributed by atoms with Crippen molar-refractivity contribution in [3.05, 3.63) is 70.9 Å². The van der Waals surface area contributed by atoms with Crippen LogP contribution in [0.25, 0.3) is 5.69 Å². The monoisotopic (exact) mass is 297 g/mol. The van der Waals surface area contributed by atoms with Crippen LogP contribution >= 0.6 is 0 Å². The summed E-state index contributed by atoms with van der Waals surface area (Å²) in [6, 6.07) is 15.0. The minimum atomic E-state index is -0.285. The van der Waals surface area contributed by atoms with Crippen molar-refractivity contribution in [1.29, 1.82) is 0 Å². The maximum atomic E-state index is 11.6. The Morgan fingerprint density at radius 1 is 1.14 bits per heavy atom. The average Bonchev–Trinajstić information content (AvgIpc) is 3.00. The van der Waals surface area contributed by atoms with E-state index in [4.69, 9.17) is 9.47 Å². The molecule has 3 rings (SSSR count). The summed E-state index contributed by atoms with van der Waals surface area (Å²) in [6.07, 6.45) is 1.44. The topological polar surface area (TPSA) is 69.1 Å². The summed E-state index contributed by atoms with van der Waals surface area (Å²) < 4.78 is 12.3. The van der Waals surface area contributed by atoms with E-state index in [0.717, 1.165) is 11.3 Å². The molecule has 0 saturated heterocycles. The molecule has 0 atom stereocenters. The fraction of sp³-hybridized carbons (Fsp3) is 0.125. The highest BCUT2D eigenvalue weighted by Crippen LogP contribution is 2.18. The first-order valence-corrected chi connectivity index (χ1v) is 6.74. The van der Waals surface area contributed by atoms with E-state index in [1.165, 1.54) is 10.9 Å². The third kappa shape index (κ3) is 3.01. The second-order valence-electron chi connectivity index (χ2n) is 4.67. The van der Waals surface area contributed by atoms with Crippen molar-refractivity contribution in [2.75, 3.05) is 7.11 Å². The van der Waals surface area contributed by atoms with Gasteiger partial charge in [0.05, 0.1) is 12.8 Å². The lowest BCUT2D eigenvalue weighted by Crippen LogP contribution is -2.14. The molecule has 0 aliphatic rings. The van der Waals surface area contributed by atoms with Gasteiger partial charge in [-0.2, -0.15) is 5.10 Å². The summed E-state index contributed by atoms with van der Waals surface area (Å²) in [4.78, 5) is 11.6. The van der Waals surface area contributed by atoms with Crippen LogP contribution in [0.3, 0.4) is 0 Å². The van der Waals surface area contributed by atoms with Gasteiger partial charge in [0.15, 0.2) is 0 Å². The zero-order valence-electron chi connectivity index (χ0n) is 12.0. The number of methoxy groups -OCH3 is 1. The average molecular weight is 297 g/mol. The summed E-state index contributed by atoms with van der Waals surface area (Å²) in [5, 5.41) is 6.07. The number of aromatic nitrogens is 3. The molecule has 0 unspecified atom stereocenters. The van der Waals surface area contributed by atoms with Crippen LogP contribution in [0.15, 0.2) is 59.7 Å². The molecular weight excluding hydrogens is 282 g/mol. The first-order valence-electron chi connectivity index (χ1n) is 6.74. The highest BCUT2D eigenvalue weighted by Gasteiger charge is 2.03. The second kappa shape index (κ2) is 6.17. The number of nitrogens with one attached hydrogen (secondary N) is 1. The normalized spacial score (nSPS) is 10.4. The molecule has 112 valence electrons. The summed E-state index contributed by atoms with van der Waals surface area (Å²) in [5.74, 6) is 1.49. The Bertz CT molecular complexity index is 806. The van der Waals surface area contributed by atoms with Crippen molar-refractivity contribution in [2.24, 2.45) is 0 Å². The number of benzene rings is 2. The molecule has 0 amide bonds. The summed E-state index contributed by atoms with van der Waals surface area (Å²) in [5.41, 5.74) is 1.45. The van der Waals surface area contributed by atoms with Crippen LogP contribution < -0.4 is 15.2 Å². The number of nitrogens with zero attached hydrogens (tertiary/aromatic N) is 2. The minimum absolute atomic E-state index is 0.285. The van der Waals surface area contributed by atoms with Crippen LogP contribution in [0.4, 0.5) is 0 Å². The minimum Gasteiger partial charge on any atom is -0.497 e. The molecule has 0 saturated carbocycles. The highest BCUT2D eigenvalue weighted by molar-refractivity contribution is 5.39. The van der Waals surface area contributed by atoms with Gasteiger partial charge in [-0.05, 0) is 29.8 Å². The van der Waals surface area contributed by atoms with E-state index in [1.807, 2.05) is 42.5 Å². The van der Waals surface area contributed by atoms with Gasteiger partial charge in [-0.1, -0.05) is 18.2 Å². The molecule has 6 heteroatoms. The zero-order chi connectivity index (χ0) is 15.4. The SMILES string of the molecule is COc1ccc(COc2cccc(-n3cn[nH]c3=O)c2)cc1. The Morgan fingerprint density at radius 3 is 2.64 bits per heavy atom. The van der Waals surface area contributed by atoms with Gasteiger partial charge in [0.2, 0.25) is 0 Å². The van der Waals surface area contributed by atoms with E-state index in [1.54, 1.807) is 13.2 Å². The van der Waals surface area contributed by atoms with E-state index in [2.05, 4.69) is 10.2 Å². The Balaban J connectivity index is 1.73. The van der Waals surface area contributed by atoms with Gasteiger partial charge in [0, 0.05) is 6.07 Å². The van der Waals surface area contributed by atoms with E-state index in [9.17, 15) is 4.79 Å². The van der Waals surface area contributed by atoms with Gasteiger partial charge in [-0.3, -0.25) is 0 Å². The van der Waals surface area contributed by atoms with Crippen molar-refractivity contribution in [1.82, 2.24) is 14.8 Å². The number of hydrogen-bond acceptors (Lipinski definition) is 4. The van der Waals surface area contributed by atoms with Crippen LogP contribution in [0.5, 0.6) is 11.5 Å². The van der Waals surface area contributed by atoms with Gasteiger partial charge in [0.25, 0.3) is 0 Å². The van der Waals surface area contributed by atoms with Crippen LogP contribution in [-0.4, -0.2) is 21.9 Å². The van der Waals surface area contributed by atoms with Crippen LogP contribution in [0, 0.1) is 0 Å². The lowest BCUT2D eigenvalue weighted by Gasteiger charge is -2.08.